The van der Waals surface area contributed by atoms with Crippen LogP contribution in [0.5, 0.6) is 11.6 Å². The van der Waals surface area contributed by atoms with Gasteiger partial charge in [0.2, 0.25) is 5.88 Å². The van der Waals surface area contributed by atoms with Gasteiger partial charge in [0.1, 0.15) is 17.1 Å². The zero-order valence-corrected chi connectivity index (χ0v) is 9.75. The van der Waals surface area contributed by atoms with Crippen LogP contribution in [0.2, 0.25) is 0 Å². The summed E-state index contributed by atoms with van der Waals surface area (Å²) >= 11 is 0. The van der Waals surface area contributed by atoms with Crippen LogP contribution >= 0.6 is 0 Å². The van der Waals surface area contributed by atoms with Gasteiger partial charge < -0.3 is 14.3 Å². The van der Waals surface area contributed by atoms with E-state index in [2.05, 4.69) is 4.98 Å². The molecule has 0 bridgehead atoms. The van der Waals surface area contributed by atoms with Crippen molar-refractivity contribution in [1.82, 2.24) is 4.98 Å². The van der Waals surface area contributed by atoms with Crippen LogP contribution in [-0.2, 0) is 0 Å². The molecule has 0 aliphatic carbocycles. The number of furan rings is 1. The number of pyridine rings is 1. The van der Waals surface area contributed by atoms with Gasteiger partial charge in [0.05, 0.1) is 7.11 Å². The lowest BCUT2D eigenvalue weighted by Gasteiger charge is -1.96. The number of nitrogens with zero attached hydrogens (tertiary/aromatic N) is 1. The maximum Gasteiger partial charge on any atom is 0.210 e. The largest absolute Gasteiger partial charge is 0.497 e. The molecule has 0 amide bonds. The number of aromatic hydroxyl groups is 1. The Bertz CT molecular complexity index is 686. The first-order chi connectivity index (χ1) is 8.76. The zero-order valence-electron chi connectivity index (χ0n) is 9.75. The Balaban J connectivity index is 2.10. The Kier molecular flexibility index (Phi) is 2.41. The molecule has 4 heteroatoms. The maximum atomic E-state index is 9.15. The number of aromatic nitrogens is 1. The van der Waals surface area contributed by atoms with Crippen LogP contribution in [0.3, 0.4) is 0 Å². The van der Waals surface area contributed by atoms with Gasteiger partial charge in [-0.1, -0.05) is 0 Å². The molecular weight excluding hydrogens is 230 g/mol. The van der Waals surface area contributed by atoms with E-state index in [0.717, 1.165) is 22.3 Å². The first-order valence-corrected chi connectivity index (χ1v) is 5.49. The summed E-state index contributed by atoms with van der Waals surface area (Å²) in [5, 5.41) is 10.1. The zero-order chi connectivity index (χ0) is 12.5. The molecule has 0 atom stereocenters. The number of methoxy groups -OCH3 is 1. The van der Waals surface area contributed by atoms with E-state index in [4.69, 9.17) is 14.3 Å². The highest BCUT2D eigenvalue weighted by Gasteiger charge is 2.07. The van der Waals surface area contributed by atoms with Gasteiger partial charge in [0, 0.05) is 23.2 Å². The number of hydrogen-bond donors (Lipinski definition) is 1. The lowest BCUT2D eigenvalue weighted by molar-refractivity contribution is 0.415. The number of hydrogen-bond acceptors (Lipinski definition) is 4. The fraction of sp³-hybridized carbons (Fsp3) is 0.0714. The van der Waals surface area contributed by atoms with Crippen molar-refractivity contribution >= 4 is 11.0 Å². The van der Waals surface area contributed by atoms with Crippen LogP contribution in [0.4, 0.5) is 0 Å². The van der Waals surface area contributed by atoms with E-state index in [1.54, 1.807) is 19.4 Å². The third-order valence-electron chi connectivity index (χ3n) is 2.76. The van der Waals surface area contributed by atoms with Gasteiger partial charge in [-0.05, 0) is 30.3 Å². The van der Waals surface area contributed by atoms with Crippen molar-refractivity contribution in [2.24, 2.45) is 0 Å². The minimum absolute atomic E-state index is 0.00321. The fourth-order valence-electron chi connectivity index (χ4n) is 1.82. The van der Waals surface area contributed by atoms with Crippen molar-refractivity contribution in [3.8, 4) is 23.0 Å². The number of rotatable bonds is 2. The van der Waals surface area contributed by atoms with E-state index in [0.29, 0.717) is 5.76 Å². The Morgan fingerprint density at radius 3 is 2.78 bits per heavy atom. The van der Waals surface area contributed by atoms with Crippen LogP contribution in [0.15, 0.2) is 47.0 Å². The van der Waals surface area contributed by atoms with Crippen molar-refractivity contribution in [1.29, 1.82) is 0 Å². The fourth-order valence-corrected chi connectivity index (χ4v) is 1.82. The molecule has 0 fully saturated rings. The van der Waals surface area contributed by atoms with Gasteiger partial charge in [0.25, 0.3) is 0 Å². The van der Waals surface area contributed by atoms with E-state index in [1.165, 1.54) is 6.07 Å². The van der Waals surface area contributed by atoms with Crippen LogP contribution in [0.1, 0.15) is 0 Å². The van der Waals surface area contributed by atoms with E-state index < -0.39 is 0 Å². The lowest BCUT2D eigenvalue weighted by atomic mass is 10.2. The maximum absolute atomic E-state index is 9.15. The minimum Gasteiger partial charge on any atom is -0.497 e. The normalized spacial score (nSPS) is 10.7. The molecule has 1 aromatic carbocycles. The number of ether oxygens (including phenoxy) is 1. The smallest absolute Gasteiger partial charge is 0.210 e. The molecule has 4 nitrogen and oxygen atoms in total. The molecule has 0 spiro atoms. The summed E-state index contributed by atoms with van der Waals surface area (Å²) in [6, 6.07) is 10.8. The minimum atomic E-state index is -0.00321. The average Bonchev–Trinajstić information content (AvgIpc) is 2.82. The summed E-state index contributed by atoms with van der Waals surface area (Å²) in [7, 11) is 1.63. The van der Waals surface area contributed by atoms with E-state index in [-0.39, 0.29) is 5.88 Å². The van der Waals surface area contributed by atoms with Gasteiger partial charge in [-0.2, -0.15) is 0 Å². The van der Waals surface area contributed by atoms with Gasteiger partial charge in [-0.25, -0.2) is 4.98 Å². The second-order valence-corrected chi connectivity index (χ2v) is 3.92. The third kappa shape index (κ3) is 1.78. The van der Waals surface area contributed by atoms with Crippen molar-refractivity contribution < 1.29 is 14.3 Å². The molecule has 0 unspecified atom stereocenters. The molecule has 2 aromatic heterocycles. The predicted molar refractivity (Wildman–Crippen MR) is 67.7 cm³/mol. The molecule has 3 rings (SSSR count). The molecule has 0 aliphatic rings. The van der Waals surface area contributed by atoms with E-state index in [9.17, 15) is 0 Å². The van der Waals surface area contributed by atoms with E-state index >= 15 is 0 Å². The van der Waals surface area contributed by atoms with Gasteiger partial charge in [-0.3, -0.25) is 0 Å². The Morgan fingerprint density at radius 1 is 1.17 bits per heavy atom. The molecule has 0 radical (unpaired) electrons. The summed E-state index contributed by atoms with van der Waals surface area (Å²) in [5.41, 5.74) is 1.61. The third-order valence-corrected chi connectivity index (χ3v) is 2.76. The summed E-state index contributed by atoms with van der Waals surface area (Å²) < 4.78 is 10.9. The average molecular weight is 241 g/mol. The first-order valence-electron chi connectivity index (χ1n) is 5.49. The number of fused-ring (bicyclic) bond motifs is 1. The molecule has 18 heavy (non-hydrogen) atoms. The highest BCUT2D eigenvalue weighted by atomic mass is 16.5. The van der Waals surface area contributed by atoms with Crippen molar-refractivity contribution in [2.75, 3.05) is 7.11 Å². The Labute approximate surface area is 103 Å². The molecule has 0 aliphatic heterocycles. The molecule has 0 saturated heterocycles. The summed E-state index contributed by atoms with van der Waals surface area (Å²) in [5.74, 6) is 1.50. The summed E-state index contributed by atoms with van der Waals surface area (Å²) in [6.45, 7) is 0. The van der Waals surface area contributed by atoms with Crippen LogP contribution in [0, 0.1) is 0 Å². The second kappa shape index (κ2) is 4.07. The second-order valence-electron chi connectivity index (χ2n) is 3.92. The highest BCUT2D eigenvalue weighted by Crippen LogP contribution is 2.30. The quantitative estimate of drug-likeness (QED) is 0.748. The van der Waals surface area contributed by atoms with Gasteiger partial charge in [0.15, 0.2) is 0 Å². The van der Waals surface area contributed by atoms with Crippen LogP contribution in [-0.4, -0.2) is 17.2 Å². The molecule has 2 heterocycles. The molecule has 3 aromatic rings. The Hall–Kier alpha value is -2.49. The van der Waals surface area contributed by atoms with Crippen LogP contribution < -0.4 is 4.74 Å². The topological polar surface area (TPSA) is 55.5 Å². The Morgan fingerprint density at radius 2 is 2.06 bits per heavy atom. The van der Waals surface area contributed by atoms with Crippen molar-refractivity contribution in [3.05, 3.63) is 42.6 Å². The monoisotopic (exact) mass is 241 g/mol. The standard InChI is InChI=1S/C14H11NO3/c1-17-11-3-4-12-10(6-11)7-13(18-12)9-2-5-14(16)15-8-9/h2-8H,1H3,(H,15,16). The summed E-state index contributed by atoms with van der Waals surface area (Å²) in [6.07, 6.45) is 1.57. The molecule has 0 saturated carbocycles. The molecule has 90 valence electrons. The SMILES string of the molecule is COc1ccc2oc(-c3ccc(O)nc3)cc2c1. The van der Waals surface area contributed by atoms with Crippen molar-refractivity contribution in [2.45, 2.75) is 0 Å². The van der Waals surface area contributed by atoms with Gasteiger partial charge in [-0.15, -0.1) is 0 Å². The molecular formula is C14H11NO3. The lowest BCUT2D eigenvalue weighted by Crippen LogP contribution is -1.79. The van der Waals surface area contributed by atoms with Gasteiger partial charge >= 0.3 is 0 Å². The molecule has 1 N–H and O–H groups in total. The van der Waals surface area contributed by atoms with E-state index in [1.807, 2.05) is 24.3 Å². The van der Waals surface area contributed by atoms with Crippen LogP contribution in [0.25, 0.3) is 22.3 Å². The highest BCUT2D eigenvalue weighted by molar-refractivity contribution is 5.84. The summed E-state index contributed by atoms with van der Waals surface area (Å²) in [4.78, 5) is 3.83. The first kappa shape index (κ1) is 10.7. The predicted octanol–water partition coefficient (Wildman–Crippen LogP) is 3.21. The van der Waals surface area contributed by atoms with Crippen molar-refractivity contribution in [3.63, 3.8) is 0 Å². The number of benzene rings is 1.